The first-order valence-electron chi connectivity index (χ1n) is 5.93. The maximum Gasteiger partial charge on any atom is 0.228 e. The van der Waals surface area contributed by atoms with Crippen molar-refractivity contribution in [2.75, 3.05) is 39.3 Å². The molecule has 90 valence electrons. The summed E-state index contributed by atoms with van der Waals surface area (Å²) >= 11 is 0. The van der Waals surface area contributed by atoms with Crippen LogP contribution in [0.1, 0.15) is 13.3 Å². The van der Waals surface area contributed by atoms with Gasteiger partial charge in [0.2, 0.25) is 11.8 Å². The lowest BCUT2D eigenvalue weighted by atomic mass is 10.0. The Hall–Kier alpha value is -1.10. The molecule has 0 saturated carbocycles. The van der Waals surface area contributed by atoms with Crippen molar-refractivity contribution < 1.29 is 9.59 Å². The van der Waals surface area contributed by atoms with Gasteiger partial charge in [0, 0.05) is 46.2 Å². The monoisotopic (exact) mass is 225 g/mol. The van der Waals surface area contributed by atoms with E-state index in [1.165, 1.54) is 0 Å². The Bertz CT molecular complexity index is 289. The van der Waals surface area contributed by atoms with Crippen LogP contribution in [-0.4, -0.2) is 60.9 Å². The van der Waals surface area contributed by atoms with Gasteiger partial charge >= 0.3 is 0 Å². The van der Waals surface area contributed by atoms with Crippen LogP contribution in [0, 0.1) is 5.92 Å². The molecule has 2 aliphatic heterocycles. The minimum atomic E-state index is 0.111. The van der Waals surface area contributed by atoms with E-state index in [-0.39, 0.29) is 17.7 Å². The van der Waals surface area contributed by atoms with Gasteiger partial charge in [0.15, 0.2) is 0 Å². The summed E-state index contributed by atoms with van der Waals surface area (Å²) in [7, 11) is 0. The van der Waals surface area contributed by atoms with Gasteiger partial charge in [0.25, 0.3) is 0 Å². The number of nitrogens with zero attached hydrogens (tertiary/aromatic N) is 2. The molecular formula is C11H19N3O2. The molecule has 2 amide bonds. The topological polar surface area (TPSA) is 52.7 Å². The zero-order valence-electron chi connectivity index (χ0n) is 9.74. The highest BCUT2D eigenvalue weighted by molar-refractivity contribution is 5.80. The Morgan fingerprint density at radius 1 is 1.06 bits per heavy atom. The number of amides is 2. The van der Waals surface area contributed by atoms with Crippen LogP contribution in [-0.2, 0) is 9.59 Å². The molecule has 0 aromatic heterocycles. The van der Waals surface area contributed by atoms with Gasteiger partial charge in [-0.2, -0.15) is 0 Å². The van der Waals surface area contributed by atoms with Crippen molar-refractivity contribution in [1.82, 2.24) is 15.1 Å². The average molecular weight is 225 g/mol. The predicted octanol–water partition coefficient (Wildman–Crippen LogP) is -0.713. The standard InChI is InChI=1S/C11H19N3O2/c1-9(15)13-3-2-4-14(6-5-13)11(16)10-7-12-8-10/h10,12H,2-8H2,1H3. The predicted molar refractivity (Wildman–Crippen MR) is 59.8 cm³/mol. The third kappa shape index (κ3) is 2.35. The molecule has 0 atom stereocenters. The third-order valence-electron chi connectivity index (χ3n) is 3.38. The van der Waals surface area contributed by atoms with E-state index < -0.39 is 0 Å². The van der Waals surface area contributed by atoms with Crippen molar-refractivity contribution in [3.63, 3.8) is 0 Å². The first kappa shape index (κ1) is 11.4. The molecule has 5 heteroatoms. The van der Waals surface area contributed by atoms with Crippen LogP contribution in [0.4, 0.5) is 0 Å². The quantitative estimate of drug-likeness (QED) is 0.641. The van der Waals surface area contributed by atoms with Crippen molar-refractivity contribution in [2.45, 2.75) is 13.3 Å². The second kappa shape index (κ2) is 4.82. The van der Waals surface area contributed by atoms with Crippen LogP contribution in [0.5, 0.6) is 0 Å². The van der Waals surface area contributed by atoms with Crippen LogP contribution < -0.4 is 5.32 Å². The highest BCUT2D eigenvalue weighted by Crippen LogP contribution is 2.11. The largest absolute Gasteiger partial charge is 0.341 e. The molecule has 0 aromatic carbocycles. The van der Waals surface area contributed by atoms with E-state index in [1.807, 2.05) is 9.80 Å². The highest BCUT2D eigenvalue weighted by atomic mass is 16.2. The van der Waals surface area contributed by atoms with Gasteiger partial charge in [-0.25, -0.2) is 0 Å². The summed E-state index contributed by atoms with van der Waals surface area (Å²) in [6.45, 7) is 6.15. The van der Waals surface area contributed by atoms with E-state index in [2.05, 4.69) is 5.32 Å². The zero-order chi connectivity index (χ0) is 11.5. The van der Waals surface area contributed by atoms with Gasteiger partial charge in [-0.3, -0.25) is 9.59 Å². The summed E-state index contributed by atoms with van der Waals surface area (Å²) in [4.78, 5) is 27.0. The molecule has 0 aliphatic carbocycles. The van der Waals surface area contributed by atoms with E-state index in [4.69, 9.17) is 0 Å². The number of nitrogens with one attached hydrogen (secondary N) is 1. The summed E-state index contributed by atoms with van der Waals surface area (Å²) in [5.74, 6) is 0.535. The van der Waals surface area contributed by atoms with Crippen LogP contribution in [0.3, 0.4) is 0 Å². The second-order valence-electron chi connectivity index (χ2n) is 4.54. The second-order valence-corrected chi connectivity index (χ2v) is 4.54. The molecule has 5 nitrogen and oxygen atoms in total. The number of carbonyl (C=O) groups is 2. The summed E-state index contributed by atoms with van der Waals surface area (Å²) in [6.07, 6.45) is 0.894. The maximum absolute atomic E-state index is 12.0. The van der Waals surface area contributed by atoms with Crippen molar-refractivity contribution in [3.05, 3.63) is 0 Å². The van der Waals surface area contributed by atoms with Gasteiger partial charge < -0.3 is 15.1 Å². The fourth-order valence-electron chi connectivity index (χ4n) is 2.17. The van der Waals surface area contributed by atoms with Crippen molar-refractivity contribution in [3.8, 4) is 0 Å². The number of hydrogen-bond acceptors (Lipinski definition) is 3. The summed E-state index contributed by atoms with van der Waals surface area (Å²) < 4.78 is 0. The molecule has 0 unspecified atom stereocenters. The highest BCUT2D eigenvalue weighted by Gasteiger charge is 2.30. The average Bonchev–Trinajstić information content (AvgIpc) is 2.39. The molecule has 1 N–H and O–H groups in total. The molecule has 0 bridgehead atoms. The van der Waals surface area contributed by atoms with Crippen molar-refractivity contribution in [1.29, 1.82) is 0 Å². The van der Waals surface area contributed by atoms with E-state index in [1.54, 1.807) is 6.92 Å². The van der Waals surface area contributed by atoms with Crippen LogP contribution in [0.25, 0.3) is 0 Å². The summed E-state index contributed by atoms with van der Waals surface area (Å²) in [5.41, 5.74) is 0. The van der Waals surface area contributed by atoms with Gasteiger partial charge in [-0.15, -0.1) is 0 Å². The van der Waals surface area contributed by atoms with Crippen molar-refractivity contribution >= 4 is 11.8 Å². The summed E-state index contributed by atoms with van der Waals surface area (Å²) in [5, 5.41) is 3.11. The van der Waals surface area contributed by atoms with E-state index in [0.717, 1.165) is 32.6 Å². The fourth-order valence-corrected chi connectivity index (χ4v) is 2.17. The fraction of sp³-hybridized carbons (Fsp3) is 0.818. The molecular weight excluding hydrogens is 206 g/mol. The minimum Gasteiger partial charge on any atom is -0.341 e. The maximum atomic E-state index is 12.0. The molecule has 0 spiro atoms. The normalized spacial score (nSPS) is 22.6. The molecule has 2 fully saturated rings. The zero-order valence-corrected chi connectivity index (χ0v) is 9.74. The van der Waals surface area contributed by atoms with Gasteiger partial charge in [0.05, 0.1) is 5.92 Å². The lowest BCUT2D eigenvalue weighted by molar-refractivity contribution is -0.137. The molecule has 2 heterocycles. The van der Waals surface area contributed by atoms with Crippen LogP contribution in [0.2, 0.25) is 0 Å². The molecule has 2 aliphatic rings. The van der Waals surface area contributed by atoms with Gasteiger partial charge in [-0.1, -0.05) is 0 Å². The Morgan fingerprint density at radius 2 is 1.69 bits per heavy atom. The first-order chi connectivity index (χ1) is 7.68. The molecule has 0 radical (unpaired) electrons. The lowest BCUT2D eigenvalue weighted by Gasteiger charge is -2.31. The minimum absolute atomic E-state index is 0.111. The smallest absolute Gasteiger partial charge is 0.228 e. The van der Waals surface area contributed by atoms with Crippen LogP contribution >= 0.6 is 0 Å². The molecule has 16 heavy (non-hydrogen) atoms. The molecule has 2 rings (SSSR count). The van der Waals surface area contributed by atoms with Gasteiger partial charge in [-0.05, 0) is 6.42 Å². The molecule has 0 aromatic rings. The van der Waals surface area contributed by atoms with E-state index in [0.29, 0.717) is 13.1 Å². The molecule has 2 saturated heterocycles. The van der Waals surface area contributed by atoms with Crippen LogP contribution in [0.15, 0.2) is 0 Å². The Labute approximate surface area is 95.8 Å². The number of rotatable bonds is 1. The SMILES string of the molecule is CC(=O)N1CCCN(C(=O)C2CNC2)CC1. The van der Waals surface area contributed by atoms with Crippen molar-refractivity contribution in [2.24, 2.45) is 5.92 Å². The Balaban J connectivity index is 1.87. The van der Waals surface area contributed by atoms with E-state index in [9.17, 15) is 9.59 Å². The first-order valence-corrected chi connectivity index (χ1v) is 5.93. The number of carbonyl (C=O) groups excluding carboxylic acids is 2. The third-order valence-corrected chi connectivity index (χ3v) is 3.38. The Kier molecular flexibility index (Phi) is 3.43. The number of hydrogen-bond donors (Lipinski definition) is 1. The van der Waals surface area contributed by atoms with E-state index >= 15 is 0 Å². The summed E-state index contributed by atoms with van der Waals surface area (Å²) in [6, 6.07) is 0. The lowest BCUT2D eigenvalue weighted by Crippen LogP contribution is -2.52. The Morgan fingerprint density at radius 3 is 2.25 bits per heavy atom. The van der Waals surface area contributed by atoms with Gasteiger partial charge in [0.1, 0.15) is 0 Å².